The lowest BCUT2D eigenvalue weighted by atomic mass is 10.1. The zero-order valence-corrected chi connectivity index (χ0v) is 10.7. The van der Waals surface area contributed by atoms with Crippen molar-refractivity contribution < 1.29 is 0 Å². The van der Waals surface area contributed by atoms with Crippen LogP contribution in [0.5, 0.6) is 0 Å². The highest BCUT2D eigenvalue weighted by Gasteiger charge is 2.12. The summed E-state index contributed by atoms with van der Waals surface area (Å²) in [5.74, 6) is 0. The zero-order valence-electron chi connectivity index (χ0n) is 10.7. The molecule has 2 nitrogen and oxygen atoms in total. The Hall–Kier alpha value is -2.09. The number of aromatic nitrogens is 2. The first kappa shape index (κ1) is 11.0. The maximum atomic E-state index is 4.49. The summed E-state index contributed by atoms with van der Waals surface area (Å²) < 4.78 is 2.25. The number of pyridine rings is 2. The van der Waals surface area contributed by atoms with E-state index in [-0.39, 0.29) is 0 Å². The highest BCUT2D eigenvalue weighted by atomic mass is 14.9. The average Bonchev–Trinajstić information content (AvgIpc) is 2.80. The second kappa shape index (κ2) is 4.30. The summed E-state index contributed by atoms with van der Waals surface area (Å²) in [4.78, 5) is 4.49. The topological polar surface area (TPSA) is 17.3 Å². The fourth-order valence-corrected chi connectivity index (χ4v) is 2.46. The van der Waals surface area contributed by atoms with Crippen LogP contribution in [0.2, 0.25) is 0 Å². The smallest absolute Gasteiger partial charge is 0.0872 e. The Balaban J connectivity index is 2.37. The predicted molar refractivity (Wildman–Crippen MR) is 74.7 cm³/mol. The molecule has 0 fully saturated rings. The van der Waals surface area contributed by atoms with Crippen LogP contribution >= 0.6 is 0 Å². The second-order valence-corrected chi connectivity index (χ2v) is 4.53. The van der Waals surface area contributed by atoms with Crippen LogP contribution in [-0.4, -0.2) is 9.38 Å². The van der Waals surface area contributed by atoms with E-state index in [0.717, 1.165) is 12.1 Å². The molecule has 0 bridgehead atoms. The first-order valence-corrected chi connectivity index (χ1v) is 6.32. The molecular weight excluding hydrogens is 220 g/mol. The number of aryl methyl sites for hydroxylation is 2. The molecule has 0 aromatic carbocycles. The Bertz CT molecular complexity index is 681. The van der Waals surface area contributed by atoms with Gasteiger partial charge in [0.25, 0.3) is 0 Å². The number of fused-ring (bicyclic) bond motifs is 1. The van der Waals surface area contributed by atoms with Gasteiger partial charge in [0.05, 0.1) is 11.4 Å². The molecule has 0 aliphatic rings. The third-order valence-electron chi connectivity index (χ3n) is 3.39. The predicted octanol–water partition coefficient (Wildman–Crippen LogP) is 3.87. The fourth-order valence-electron chi connectivity index (χ4n) is 2.46. The highest BCUT2D eigenvalue weighted by molar-refractivity contribution is 5.71. The number of nitrogens with zero attached hydrogens (tertiary/aromatic N) is 2. The minimum atomic E-state index is 1.02. The van der Waals surface area contributed by atoms with E-state index in [1.54, 1.807) is 0 Å². The molecular formula is C16H16N2. The van der Waals surface area contributed by atoms with Crippen molar-refractivity contribution in [1.82, 2.24) is 9.38 Å². The van der Waals surface area contributed by atoms with Crippen LogP contribution in [0.4, 0.5) is 0 Å². The Morgan fingerprint density at radius 2 is 2.06 bits per heavy atom. The van der Waals surface area contributed by atoms with Gasteiger partial charge in [-0.2, -0.15) is 0 Å². The molecule has 2 heteroatoms. The first-order chi connectivity index (χ1) is 8.81. The van der Waals surface area contributed by atoms with Crippen LogP contribution in [-0.2, 0) is 6.42 Å². The Morgan fingerprint density at radius 3 is 2.78 bits per heavy atom. The minimum Gasteiger partial charge on any atom is -0.315 e. The van der Waals surface area contributed by atoms with Crippen molar-refractivity contribution >= 4 is 5.52 Å². The van der Waals surface area contributed by atoms with Gasteiger partial charge >= 0.3 is 0 Å². The minimum absolute atomic E-state index is 1.02. The molecule has 0 saturated heterocycles. The summed E-state index contributed by atoms with van der Waals surface area (Å²) in [5, 5.41) is 0. The third kappa shape index (κ3) is 1.61. The summed E-state index contributed by atoms with van der Waals surface area (Å²) in [7, 11) is 0. The van der Waals surface area contributed by atoms with Crippen LogP contribution < -0.4 is 0 Å². The second-order valence-electron chi connectivity index (χ2n) is 4.53. The van der Waals surface area contributed by atoms with Crippen molar-refractivity contribution in [3.63, 3.8) is 0 Å². The molecule has 0 amide bonds. The van der Waals surface area contributed by atoms with Gasteiger partial charge < -0.3 is 4.40 Å². The standard InChI is InChI=1S/C16H16N2/c1-3-13-11-15-12(2)7-6-10-18(15)16(13)14-8-4-5-9-17-14/h4-11H,3H2,1-2H3. The lowest BCUT2D eigenvalue weighted by molar-refractivity contribution is 1.10. The monoisotopic (exact) mass is 236 g/mol. The number of hydrogen-bond donors (Lipinski definition) is 0. The molecule has 0 N–H and O–H groups in total. The van der Waals surface area contributed by atoms with Crippen molar-refractivity contribution in [3.8, 4) is 11.4 Å². The van der Waals surface area contributed by atoms with Crippen LogP contribution in [0.3, 0.4) is 0 Å². The number of rotatable bonds is 2. The quantitative estimate of drug-likeness (QED) is 0.660. The fraction of sp³-hybridized carbons (Fsp3) is 0.188. The lowest BCUT2D eigenvalue weighted by Crippen LogP contribution is -1.93. The molecule has 3 aromatic rings. The SMILES string of the molecule is CCc1cc2c(C)cccn2c1-c1ccccn1. The summed E-state index contributed by atoms with van der Waals surface area (Å²) in [6.45, 7) is 4.34. The third-order valence-corrected chi connectivity index (χ3v) is 3.39. The van der Waals surface area contributed by atoms with E-state index in [9.17, 15) is 0 Å². The normalized spacial score (nSPS) is 11.0. The van der Waals surface area contributed by atoms with Gasteiger partial charge in [0.15, 0.2) is 0 Å². The van der Waals surface area contributed by atoms with E-state index in [1.165, 1.54) is 22.3 Å². The molecule has 3 heterocycles. The molecule has 0 aliphatic heterocycles. The first-order valence-electron chi connectivity index (χ1n) is 6.32. The van der Waals surface area contributed by atoms with Gasteiger partial charge in [-0.3, -0.25) is 4.98 Å². The van der Waals surface area contributed by atoms with Crippen LogP contribution in [0.25, 0.3) is 16.9 Å². The van der Waals surface area contributed by atoms with Gasteiger partial charge in [0.2, 0.25) is 0 Å². The van der Waals surface area contributed by atoms with Crippen molar-refractivity contribution in [2.75, 3.05) is 0 Å². The molecule has 3 aromatic heterocycles. The lowest BCUT2D eigenvalue weighted by Gasteiger charge is -2.05. The Morgan fingerprint density at radius 1 is 1.17 bits per heavy atom. The maximum absolute atomic E-state index is 4.49. The van der Waals surface area contributed by atoms with E-state index in [1.807, 2.05) is 18.3 Å². The van der Waals surface area contributed by atoms with Gasteiger partial charge in [-0.15, -0.1) is 0 Å². The van der Waals surface area contributed by atoms with Crippen LogP contribution in [0, 0.1) is 6.92 Å². The summed E-state index contributed by atoms with van der Waals surface area (Å²) in [5.41, 5.74) is 6.18. The van der Waals surface area contributed by atoms with Gasteiger partial charge in [-0.1, -0.05) is 19.1 Å². The molecule has 18 heavy (non-hydrogen) atoms. The summed E-state index contributed by atoms with van der Waals surface area (Å²) >= 11 is 0. The molecule has 0 spiro atoms. The molecule has 0 aliphatic carbocycles. The Kier molecular flexibility index (Phi) is 2.63. The van der Waals surface area contributed by atoms with E-state index >= 15 is 0 Å². The summed E-state index contributed by atoms with van der Waals surface area (Å²) in [6, 6.07) is 12.6. The van der Waals surface area contributed by atoms with Crippen molar-refractivity contribution in [1.29, 1.82) is 0 Å². The van der Waals surface area contributed by atoms with Crippen molar-refractivity contribution in [3.05, 3.63) is 59.9 Å². The molecule has 0 atom stereocenters. The van der Waals surface area contributed by atoms with E-state index in [0.29, 0.717) is 0 Å². The van der Waals surface area contributed by atoms with Crippen molar-refractivity contribution in [2.24, 2.45) is 0 Å². The van der Waals surface area contributed by atoms with E-state index < -0.39 is 0 Å². The number of hydrogen-bond acceptors (Lipinski definition) is 1. The average molecular weight is 236 g/mol. The van der Waals surface area contributed by atoms with Gasteiger partial charge in [-0.25, -0.2) is 0 Å². The van der Waals surface area contributed by atoms with Gasteiger partial charge in [0, 0.05) is 17.9 Å². The van der Waals surface area contributed by atoms with Gasteiger partial charge in [-0.05, 0) is 48.7 Å². The van der Waals surface area contributed by atoms with E-state index in [2.05, 4.69) is 53.7 Å². The van der Waals surface area contributed by atoms with Gasteiger partial charge in [0.1, 0.15) is 0 Å². The molecule has 0 radical (unpaired) electrons. The zero-order chi connectivity index (χ0) is 12.5. The van der Waals surface area contributed by atoms with Crippen LogP contribution in [0.15, 0.2) is 48.8 Å². The van der Waals surface area contributed by atoms with Crippen molar-refractivity contribution in [2.45, 2.75) is 20.3 Å². The molecule has 0 saturated carbocycles. The van der Waals surface area contributed by atoms with Crippen LogP contribution in [0.1, 0.15) is 18.1 Å². The Labute approximate surface area is 107 Å². The maximum Gasteiger partial charge on any atom is 0.0872 e. The summed E-state index contributed by atoms with van der Waals surface area (Å²) in [6.07, 6.45) is 4.99. The molecule has 3 rings (SSSR count). The van der Waals surface area contributed by atoms with E-state index in [4.69, 9.17) is 0 Å². The molecule has 90 valence electrons. The highest BCUT2D eigenvalue weighted by Crippen LogP contribution is 2.27. The molecule has 0 unspecified atom stereocenters. The largest absolute Gasteiger partial charge is 0.315 e.